The first-order valence-electron chi connectivity index (χ1n) is 4.68. The number of phenols is 1. The van der Waals surface area contributed by atoms with Gasteiger partial charge in [0.1, 0.15) is 5.60 Å². The first kappa shape index (κ1) is 9.83. The van der Waals surface area contributed by atoms with E-state index in [0.717, 1.165) is 0 Å². The summed E-state index contributed by atoms with van der Waals surface area (Å²) in [6.07, 6.45) is 0.498. The third kappa shape index (κ3) is 1.52. The molecule has 15 heavy (non-hydrogen) atoms. The zero-order chi connectivity index (χ0) is 11.2. The van der Waals surface area contributed by atoms with Gasteiger partial charge < -0.3 is 14.9 Å². The van der Waals surface area contributed by atoms with Crippen LogP contribution in [0.2, 0.25) is 0 Å². The van der Waals surface area contributed by atoms with Crippen molar-refractivity contribution in [3.05, 3.63) is 23.3 Å². The summed E-state index contributed by atoms with van der Waals surface area (Å²) in [7, 11) is 0. The van der Waals surface area contributed by atoms with Crippen molar-refractivity contribution < 1.29 is 19.7 Å². The van der Waals surface area contributed by atoms with Gasteiger partial charge in [0.25, 0.3) is 0 Å². The monoisotopic (exact) mass is 208 g/mol. The number of aromatic hydroxyl groups is 1. The van der Waals surface area contributed by atoms with Crippen LogP contribution in [0.25, 0.3) is 0 Å². The van der Waals surface area contributed by atoms with Crippen LogP contribution in [-0.4, -0.2) is 21.8 Å². The molecule has 1 aromatic carbocycles. The number of benzene rings is 1. The van der Waals surface area contributed by atoms with E-state index in [4.69, 9.17) is 9.84 Å². The lowest BCUT2D eigenvalue weighted by Crippen LogP contribution is -2.25. The summed E-state index contributed by atoms with van der Waals surface area (Å²) in [6.45, 7) is 3.72. The summed E-state index contributed by atoms with van der Waals surface area (Å²) in [6, 6.07) is 2.75. The maximum Gasteiger partial charge on any atom is 0.336 e. The topological polar surface area (TPSA) is 66.8 Å². The van der Waals surface area contributed by atoms with E-state index in [2.05, 4.69) is 0 Å². The van der Waals surface area contributed by atoms with Crippen LogP contribution in [0.4, 0.5) is 0 Å². The van der Waals surface area contributed by atoms with Gasteiger partial charge in [0, 0.05) is 12.0 Å². The van der Waals surface area contributed by atoms with Crippen LogP contribution in [0.15, 0.2) is 12.1 Å². The minimum atomic E-state index is -0.993. The van der Waals surface area contributed by atoms with Crippen molar-refractivity contribution in [2.45, 2.75) is 25.9 Å². The summed E-state index contributed by atoms with van der Waals surface area (Å²) in [5.74, 6) is -0.687. The van der Waals surface area contributed by atoms with Crippen molar-refractivity contribution in [2.75, 3.05) is 0 Å². The first-order valence-corrected chi connectivity index (χ1v) is 4.68. The Balaban J connectivity index is 2.60. The third-order valence-corrected chi connectivity index (χ3v) is 2.45. The number of phenolic OH excluding ortho intramolecular Hbond substituents is 1. The van der Waals surface area contributed by atoms with E-state index in [1.54, 1.807) is 0 Å². The Morgan fingerprint density at radius 1 is 1.47 bits per heavy atom. The van der Waals surface area contributed by atoms with Gasteiger partial charge in [0.15, 0.2) is 11.5 Å². The number of aromatic carboxylic acids is 1. The molecule has 0 aliphatic carbocycles. The quantitative estimate of drug-likeness (QED) is 0.738. The maximum absolute atomic E-state index is 10.9. The Bertz CT molecular complexity index is 434. The second-order valence-electron chi connectivity index (χ2n) is 4.28. The van der Waals surface area contributed by atoms with E-state index >= 15 is 0 Å². The Kier molecular flexibility index (Phi) is 1.89. The summed E-state index contributed by atoms with van der Waals surface area (Å²) in [5, 5.41) is 18.5. The fourth-order valence-electron chi connectivity index (χ4n) is 1.84. The molecular weight excluding hydrogens is 196 g/mol. The van der Waals surface area contributed by atoms with Gasteiger partial charge in [0.05, 0.1) is 5.56 Å². The van der Waals surface area contributed by atoms with E-state index in [0.29, 0.717) is 17.7 Å². The molecule has 1 aliphatic rings. The molecule has 0 saturated heterocycles. The SMILES string of the molecule is CC1(C)Cc2c(C(=O)O)ccc(O)c2O1. The van der Waals surface area contributed by atoms with E-state index < -0.39 is 11.6 Å². The first-order chi connectivity index (χ1) is 6.91. The highest BCUT2D eigenvalue weighted by Crippen LogP contribution is 2.42. The molecule has 0 unspecified atom stereocenters. The smallest absolute Gasteiger partial charge is 0.336 e. The lowest BCUT2D eigenvalue weighted by molar-refractivity contribution is 0.0696. The Morgan fingerprint density at radius 3 is 2.73 bits per heavy atom. The van der Waals surface area contributed by atoms with Crippen molar-refractivity contribution >= 4 is 5.97 Å². The standard InChI is InChI=1S/C11H12O4/c1-11(2)5-7-6(10(13)14)3-4-8(12)9(7)15-11/h3-4,12H,5H2,1-2H3,(H,13,14). The van der Waals surface area contributed by atoms with E-state index in [9.17, 15) is 9.90 Å². The zero-order valence-electron chi connectivity index (χ0n) is 8.57. The van der Waals surface area contributed by atoms with Gasteiger partial charge in [-0.15, -0.1) is 0 Å². The third-order valence-electron chi connectivity index (χ3n) is 2.45. The average Bonchev–Trinajstić information content (AvgIpc) is 2.41. The van der Waals surface area contributed by atoms with Crippen LogP contribution < -0.4 is 4.74 Å². The lowest BCUT2D eigenvalue weighted by Gasteiger charge is -2.16. The van der Waals surface area contributed by atoms with Crippen molar-refractivity contribution in [2.24, 2.45) is 0 Å². The number of carboxylic acids is 1. The van der Waals surface area contributed by atoms with Crippen molar-refractivity contribution in [3.8, 4) is 11.5 Å². The molecule has 1 aromatic rings. The summed E-state index contributed by atoms with van der Waals surface area (Å²) < 4.78 is 5.50. The predicted molar refractivity (Wildman–Crippen MR) is 53.5 cm³/mol. The molecule has 0 saturated carbocycles. The highest BCUT2D eigenvalue weighted by Gasteiger charge is 2.35. The summed E-state index contributed by atoms with van der Waals surface area (Å²) in [4.78, 5) is 10.9. The van der Waals surface area contributed by atoms with E-state index in [1.807, 2.05) is 13.8 Å². The molecule has 0 amide bonds. The summed E-state index contributed by atoms with van der Waals surface area (Å²) in [5.41, 5.74) is 0.326. The molecule has 0 atom stereocenters. The van der Waals surface area contributed by atoms with Gasteiger partial charge in [0.2, 0.25) is 0 Å². The summed E-state index contributed by atoms with van der Waals surface area (Å²) >= 11 is 0. The molecule has 0 spiro atoms. The van der Waals surface area contributed by atoms with Gasteiger partial charge in [-0.3, -0.25) is 0 Å². The Morgan fingerprint density at radius 2 is 2.13 bits per heavy atom. The van der Waals surface area contributed by atoms with E-state index in [-0.39, 0.29) is 11.3 Å². The largest absolute Gasteiger partial charge is 0.504 e. The second kappa shape index (κ2) is 2.89. The van der Waals surface area contributed by atoms with Crippen LogP contribution in [-0.2, 0) is 6.42 Å². The van der Waals surface area contributed by atoms with Gasteiger partial charge in [-0.05, 0) is 26.0 Å². The molecule has 0 radical (unpaired) electrons. The van der Waals surface area contributed by atoms with Crippen LogP contribution in [0.5, 0.6) is 11.5 Å². The Labute approximate surface area is 87.1 Å². The van der Waals surface area contributed by atoms with Crippen molar-refractivity contribution in [3.63, 3.8) is 0 Å². The molecule has 1 aliphatic heterocycles. The molecule has 4 heteroatoms. The van der Waals surface area contributed by atoms with Crippen LogP contribution >= 0.6 is 0 Å². The lowest BCUT2D eigenvalue weighted by atomic mass is 9.97. The van der Waals surface area contributed by atoms with Crippen LogP contribution in [0.1, 0.15) is 29.8 Å². The molecule has 0 aromatic heterocycles. The minimum absolute atomic E-state index is 0.000532. The molecular formula is C11H12O4. The number of ether oxygens (including phenoxy) is 1. The molecule has 1 heterocycles. The molecule has 80 valence electrons. The van der Waals surface area contributed by atoms with Gasteiger partial charge in [-0.2, -0.15) is 0 Å². The number of fused-ring (bicyclic) bond motifs is 1. The van der Waals surface area contributed by atoms with E-state index in [1.165, 1.54) is 12.1 Å². The van der Waals surface area contributed by atoms with Crippen LogP contribution in [0, 0.1) is 0 Å². The molecule has 0 fully saturated rings. The highest BCUT2D eigenvalue weighted by atomic mass is 16.5. The molecule has 2 N–H and O–H groups in total. The second-order valence-corrected chi connectivity index (χ2v) is 4.28. The predicted octanol–water partition coefficient (Wildman–Crippen LogP) is 1.80. The number of carbonyl (C=O) groups is 1. The van der Waals surface area contributed by atoms with Gasteiger partial charge in [-0.25, -0.2) is 4.79 Å². The average molecular weight is 208 g/mol. The highest BCUT2D eigenvalue weighted by molar-refractivity contribution is 5.91. The van der Waals surface area contributed by atoms with Crippen LogP contribution in [0.3, 0.4) is 0 Å². The molecule has 4 nitrogen and oxygen atoms in total. The fraction of sp³-hybridized carbons (Fsp3) is 0.364. The van der Waals surface area contributed by atoms with Gasteiger partial charge >= 0.3 is 5.97 Å². The molecule has 0 bridgehead atoms. The number of hydrogen-bond acceptors (Lipinski definition) is 3. The van der Waals surface area contributed by atoms with Crippen molar-refractivity contribution in [1.82, 2.24) is 0 Å². The normalized spacial score (nSPS) is 16.9. The van der Waals surface area contributed by atoms with Crippen molar-refractivity contribution in [1.29, 1.82) is 0 Å². The minimum Gasteiger partial charge on any atom is -0.504 e. The molecule has 2 rings (SSSR count). The fourth-order valence-corrected chi connectivity index (χ4v) is 1.84. The Hall–Kier alpha value is -1.71. The zero-order valence-corrected chi connectivity index (χ0v) is 8.57. The maximum atomic E-state index is 10.9. The number of rotatable bonds is 1. The van der Waals surface area contributed by atoms with Gasteiger partial charge in [-0.1, -0.05) is 0 Å². The number of carboxylic acid groups (broad SMARTS) is 1. The number of hydrogen-bond donors (Lipinski definition) is 2.